The van der Waals surface area contributed by atoms with Gasteiger partial charge in [-0.3, -0.25) is 9.69 Å². The second-order valence-electron chi connectivity index (χ2n) is 8.07. The van der Waals surface area contributed by atoms with Gasteiger partial charge in [-0.05, 0) is 55.6 Å². The zero-order valence-electron chi connectivity index (χ0n) is 18.3. The minimum absolute atomic E-state index is 0.0188. The predicted molar refractivity (Wildman–Crippen MR) is 127 cm³/mol. The first-order valence-corrected chi connectivity index (χ1v) is 11.2. The lowest BCUT2D eigenvalue weighted by Gasteiger charge is -2.20. The zero-order chi connectivity index (χ0) is 22.5. The smallest absolute Gasteiger partial charge is 0.341 e. The Hall–Kier alpha value is -2.63. The van der Waals surface area contributed by atoms with Crippen LogP contribution in [-0.4, -0.2) is 39.5 Å². The minimum Gasteiger partial charge on any atom is -0.477 e. The standard InChI is InChI=1S/C25H29ClN2O3/c1-4-12-27(13-11-26)15-18-5-7-19(8-6-18)20-9-10-21-23(14-20)28(17(2)3)16-22(24(21)29)25(30)31/h5-10,14,16-17H,4,11-13,15H2,1-3H3,(H,30,31). The molecule has 0 radical (unpaired) electrons. The fourth-order valence-corrected chi connectivity index (χ4v) is 4.11. The van der Waals surface area contributed by atoms with Gasteiger partial charge in [0.2, 0.25) is 5.43 Å². The normalized spacial score (nSPS) is 11.5. The van der Waals surface area contributed by atoms with E-state index in [4.69, 9.17) is 11.6 Å². The molecule has 0 aliphatic heterocycles. The number of carbonyl (C=O) groups is 1. The molecule has 3 rings (SSSR count). The van der Waals surface area contributed by atoms with Gasteiger partial charge in [-0.15, -0.1) is 11.6 Å². The molecule has 0 aliphatic rings. The van der Waals surface area contributed by atoms with Gasteiger partial charge in [0.15, 0.2) is 0 Å². The molecule has 3 aromatic rings. The molecule has 31 heavy (non-hydrogen) atoms. The number of rotatable bonds is 9. The molecule has 0 spiro atoms. The van der Waals surface area contributed by atoms with Crippen molar-refractivity contribution in [1.82, 2.24) is 9.47 Å². The lowest BCUT2D eigenvalue weighted by atomic mass is 10.0. The van der Waals surface area contributed by atoms with Crippen molar-refractivity contribution < 1.29 is 9.90 Å². The number of halogens is 1. The quantitative estimate of drug-likeness (QED) is 0.452. The number of alkyl halides is 1. The number of fused-ring (bicyclic) bond motifs is 1. The maximum atomic E-state index is 12.6. The van der Waals surface area contributed by atoms with Crippen molar-refractivity contribution in [1.29, 1.82) is 0 Å². The van der Waals surface area contributed by atoms with Crippen LogP contribution in [0.3, 0.4) is 0 Å². The molecule has 0 bridgehead atoms. The summed E-state index contributed by atoms with van der Waals surface area (Å²) in [5, 5.41) is 9.82. The molecule has 0 atom stereocenters. The van der Waals surface area contributed by atoms with Crippen molar-refractivity contribution in [2.24, 2.45) is 0 Å². The van der Waals surface area contributed by atoms with E-state index >= 15 is 0 Å². The van der Waals surface area contributed by atoms with Crippen LogP contribution in [0.2, 0.25) is 0 Å². The van der Waals surface area contributed by atoms with E-state index in [1.54, 1.807) is 6.07 Å². The van der Waals surface area contributed by atoms with Crippen LogP contribution in [0.1, 0.15) is 49.2 Å². The number of aromatic nitrogens is 1. The average Bonchev–Trinajstić information content (AvgIpc) is 2.74. The monoisotopic (exact) mass is 440 g/mol. The van der Waals surface area contributed by atoms with Crippen LogP contribution < -0.4 is 5.43 Å². The Labute approximate surface area is 187 Å². The van der Waals surface area contributed by atoms with Gasteiger partial charge in [0, 0.05) is 36.6 Å². The van der Waals surface area contributed by atoms with E-state index in [0.29, 0.717) is 11.3 Å². The molecule has 1 aromatic heterocycles. The van der Waals surface area contributed by atoms with Gasteiger partial charge >= 0.3 is 5.97 Å². The second kappa shape index (κ2) is 10.1. The Morgan fingerprint density at radius 1 is 1.10 bits per heavy atom. The largest absolute Gasteiger partial charge is 0.477 e. The molecule has 2 aromatic carbocycles. The molecule has 1 N–H and O–H groups in total. The SMILES string of the molecule is CCCN(CCCl)Cc1ccc(-c2ccc3c(=O)c(C(=O)O)cn(C(C)C)c3c2)cc1. The van der Waals surface area contributed by atoms with Gasteiger partial charge in [0.05, 0.1) is 5.52 Å². The molecule has 1 heterocycles. The van der Waals surface area contributed by atoms with Crippen molar-refractivity contribution in [3.05, 3.63) is 70.0 Å². The maximum absolute atomic E-state index is 12.6. The van der Waals surface area contributed by atoms with Crippen molar-refractivity contribution in [3.8, 4) is 11.1 Å². The summed E-state index contributed by atoms with van der Waals surface area (Å²) < 4.78 is 1.85. The van der Waals surface area contributed by atoms with E-state index in [9.17, 15) is 14.7 Å². The van der Waals surface area contributed by atoms with E-state index in [-0.39, 0.29) is 11.6 Å². The van der Waals surface area contributed by atoms with Crippen LogP contribution in [0.25, 0.3) is 22.0 Å². The Kier molecular flexibility index (Phi) is 7.52. The third-order valence-electron chi connectivity index (χ3n) is 5.45. The molecule has 5 nitrogen and oxygen atoms in total. The Bertz CT molecular complexity index is 1110. The maximum Gasteiger partial charge on any atom is 0.341 e. The highest BCUT2D eigenvalue weighted by Crippen LogP contribution is 2.26. The molecule has 0 saturated carbocycles. The summed E-state index contributed by atoms with van der Waals surface area (Å²) in [6.07, 6.45) is 2.54. The molecule has 0 amide bonds. The number of carboxylic acid groups (broad SMARTS) is 1. The summed E-state index contributed by atoms with van der Waals surface area (Å²) >= 11 is 5.93. The number of aromatic carboxylic acids is 1. The van der Waals surface area contributed by atoms with Gasteiger partial charge in [0.1, 0.15) is 5.56 Å². The molecule has 0 unspecified atom stereocenters. The lowest BCUT2D eigenvalue weighted by Crippen LogP contribution is -2.26. The van der Waals surface area contributed by atoms with E-state index in [0.717, 1.165) is 42.7 Å². The van der Waals surface area contributed by atoms with Gasteiger partial charge in [-0.2, -0.15) is 0 Å². The Morgan fingerprint density at radius 3 is 2.35 bits per heavy atom. The van der Waals surface area contributed by atoms with Crippen LogP contribution in [0.4, 0.5) is 0 Å². The highest BCUT2D eigenvalue weighted by Gasteiger charge is 2.16. The summed E-state index contributed by atoms with van der Waals surface area (Å²) in [5.74, 6) is -0.580. The first-order chi connectivity index (χ1) is 14.8. The van der Waals surface area contributed by atoms with Gasteiger partial charge in [-0.25, -0.2) is 4.79 Å². The summed E-state index contributed by atoms with van der Waals surface area (Å²) in [7, 11) is 0. The Morgan fingerprint density at radius 2 is 1.77 bits per heavy atom. The van der Waals surface area contributed by atoms with Crippen molar-refractivity contribution in [3.63, 3.8) is 0 Å². The fraction of sp³-hybridized carbons (Fsp3) is 0.360. The molecule has 0 aliphatic carbocycles. The second-order valence-corrected chi connectivity index (χ2v) is 8.45. The summed E-state index contributed by atoms with van der Waals surface area (Å²) in [6, 6.07) is 14.0. The van der Waals surface area contributed by atoms with Crippen molar-refractivity contribution >= 4 is 28.5 Å². The first-order valence-electron chi connectivity index (χ1n) is 10.7. The van der Waals surface area contributed by atoms with E-state index < -0.39 is 11.4 Å². The minimum atomic E-state index is -1.20. The van der Waals surface area contributed by atoms with E-state index in [2.05, 4.69) is 36.1 Å². The topological polar surface area (TPSA) is 62.5 Å². The Balaban J connectivity index is 1.98. The molecular weight excluding hydrogens is 412 g/mol. The molecule has 6 heteroatoms. The summed E-state index contributed by atoms with van der Waals surface area (Å²) in [6.45, 7) is 8.86. The third kappa shape index (κ3) is 5.17. The van der Waals surface area contributed by atoms with Gasteiger partial charge in [-0.1, -0.05) is 37.3 Å². The molecule has 0 saturated heterocycles. The lowest BCUT2D eigenvalue weighted by molar-refractivity contribution is 0.0694. The number of hydrogen-bond acceptors (Lipinski definition) is 3. The average molecular weight is 441 g/mol. The number of hydrogen-bond donors (Lipinski definition) is 1. The summed E-state index contributed by atoms with van der Waals surface area (Å²) in [5.41, 5.74) is 3.36. The number of nitrogens with zero attached hydrogens (tertiary/aromatic N) is 2. The molecule has 164 valence electrons. The molecule has 0 fully saturated rings. The fourth-order valence-electron chi connectivity index (χ4n) is 3.88. The zero-order valence-corrected chi connectivity index (χ0v) is 19.0. The van der Waals surface area contributed by atoms with Crippen LogP contribution in [-0.2, 0) is 6.54 Å². The number of carboxylic acids is 1. The van der Waals surface area contributed by atoms with Crippen LogP contribution >= 0.6 is 11.6 Å². The summed E-state index contributed by atoms with van der Waals surface area (Å²) in [4.78, 5) is 26.5. The highest BCUT2D eigenvalue weighted by atomic mass is 35.5. The van der Waals surface area contributed by atoms with Gasteiger partial charge in [0.25, 0.3) is 0 Å². The molecular formula is C25H29ClN2O3. The first kappa shape index (κ1) is 23.0. The van der Waals surface area contributed by atoms with Crippen LogP contribution in [0.5, 0.6) is 0 Å². The number of benzene rings is 2. The van der Waals surface area contributed by atoms with Gasteiger partial charge < -0.3 is 9.67 Å². The van der Waals surface area contributed by atoms with Crippen LogP contribution in [0.15, 0.2) is 53.5 Å². The third-order valence-corrected chi connectivity index (χ3v) is 5.62. The van der Waals surface area contributed by atoms with Crippen molar-refractivity contribution in [2.75, 3.05) is 19.0 Å². The number of pyridine rings is 1. The van der Waals surface area contributed by atoms with E-state index in [1.165, 1.54) is 11.8 Å². The van der Waals surface area contributed by atoms with Crippen LogP contribution in [0, 0.1) is 0 Å². The highest BCUT2D eigenvalue weighted by molar-refractivity contribution is 6.18. The van der Waals surface area contributed by atoms with E-state index in [1.807, 2.05) is 30.5 Å². The predicted octanol–water partition coefficient (Wildman–Crippen LogP) is 5.40. The van der Waals surface area contributed by atoms with Crippen molar-refractivity contribution in [2.45, 2.75) is 39.8 Å².